The van der Waals surface area contributed by atoms with E-state index in [1.54, 1.807) is 12.3 Å². The Labute approximate surface area is 128 Å². The van der Waals surface area contributed by atoms with E-state index in [4.69, 9.17) is 4.52 Å². The van der Waals surface area contributed by atoms with Crippen LogP contribution in [0.25, 0.3) is 11.0 Å². The number of anilines is 1. The number of rotatable bonds is 5. The molecule has 0 saturated heterocycles. The fourth-order valence-corrected chi connectivity index (χ4v) is 2.34. The second-order valence-corrected chi connectivity index (χ2v) is 5.27. The zero-order chi connectivity index (χ0) is 15.5. The zero-order valence-corrected chi connectivity index (χ0v) is 12.6. The predicted molar refractivity (Wildman–Crippen MR) is 83.6 cm³/mol. The number of carbonyl (C=O) groups is 1. The van der Waals surface area contributed by atoms with Crippen LogP contribution in [0.3, 0.4) is 0 Å². The molecule has 0 aliphatic rings. The number of nitrogens with one attached hydrogen (secondary N) is 1. The van der Waals surface area contributed by atoms with Gasteiger partial charge in [-0.25, -0.2) is 4.68 Å². The maximum absolute atomic E-state index is 12.3. The molecule has 3 rings (SSSR count). The van der Waals surface area contributed by atoms with Crippen LogP contribution in [0.4, 0.5) is 5.82 Å². The highest BCUT2D eigenvalue weighted by Crippen LogP contribution is 2.20. The van der Waals surface area contributed by atoms with E-state index in [0.29, 0.717) is 17.1 Å². The van der Waals surface area contributed by atoms with Crippen molar-refractivity contribution in [3.05, 3.63) is 42.2 Å². The molecule has 1 atom stereocenters. The van der Waals surface area contributed by atoms with E-state index < -0.39 is 0 Å². The molecule has 6 nitrogen and oxygen atoms in total. The number of para-hydroxylation sites is 1. The summed E-state index contributed by atoms with van der Waals surface area (Å²) in [4.78, 5) is 12.3. The molecular formula is C16H18N4O2. The van der Waals surface area contributed by atoms with Gasteiger partial charge in [-0.3, -0.25) is 4.79 Å². The Morgan fingerprint density at radius 2 is 2.18 bits per heavy atom. The minimum absolute atomic E-state index is 0.135. The van der Waals surface area contributed by atoms with E-state index in [0.717, 1.165) is 11.8 Å². The molecule has 0 radical (unpaired) electrons. The van der Waals surface area contributed by atoms with E-state index in [2.05, 4.69) is 29.4 Å². The minimum atomic E-state index is -0.135. The summed E-state index contributed by atoms with van der Waals surface area (Å²) in [6.07, 6.45) is 2.80. The smallest absolute Gasteiger partial charge is 0.231 e. The summed E-state index contributed by atoms with van der Waals surface area (Å²) in [5.74, 6) is 0.566. The van der Waals surface area contributed by atoms with Crippen LogP contribution in [0.5, 0.6) is 0 Å². The van der Waals surface area contributed by atoms with Crippen molar-refractivity contribution in [2.45, 2.75) is 32.7 Å². The van der Waals surface area contributed by atoms with Gasteiger partial charge in [0.1, 0.15) is 11.5 Å². The number of hydrogen-bond donors (Lipinski definition) is 1. The van der Waals surface area contributed by atoms with Crippen molar-refractivity contribution in [1.82, 2.24) is 14.9 Å². The fourth-order valence-electron chi connectivity index (χ4n) is 2.34. The third-order valence-corrected chi connectivity index (χ3v) is 3.73. The Kier molecular flexibility index (Phi) is 3.91. The fraction of sp³-hybridized carbons (Fsp3) is 0.312. The summed E-state index contributed by atoms with van der Waals surface area (Å²) in [6, 6.07) is 9.55. The summed E-state index contributed by atoms with van der Waals surface area (Å²) in [5.41, 5.74) is 1.33. The first kappa shape index (κ1) is 14.3. The molecule has 1 amide bonds. The van der Waals surface area contributed by atoms with Crippen molar-refractivity contribution in [2.75, 3.05) is 5.32 Å². The van der Waals surface area contributed by atoms with Gasteiger partial charge in [-0.15, -0.1) is 0 Å². The summed E-state index contributed by atoms with van der Waals surface area (Å²) < 4.78 is 7.04. The molecule has 3 aromatic rings. The van der Waals surface area contributed by atoms with Crippen LogP contribution < -0.4 is 5.32 Å². The highest BCUT2D eigenvalue weighted by atomic mass is 16.5. The van der Waals surface area contributed by atoms with Crippen molar-refractivity contribution in [3.8, 4) is 0 Å². The largest absolute Gasteiger partial charge is 0.356 e. The van der Waals surface area contributed by atoms with Gasteiger partial charge in [0.2, 0.25) is 5.91 Å². The number of aromatic nitrogens is 3. The molecule has 22 heavy (non-hydrogen) atoms. The van der Waals surface area contributed by atoms with Gasteiger partial charge in [0, 0.05) is 11.5 Å². The molecule has 6 heteroatoms. The lowest BCUT2D eigenvalue weighted by Gasteiger charge is -2.13. The van der Waals surface area contributed by atoms with E-state index in [9.17, 15) is 4.79 Å². The van der Waals surface area contributed by atoms with Crippen LogP contribution in [0, 0.1) is 0 Å². The minimum Gasteiger partial charge on any atom is -0.356 e. The number of nitrogens with zero attached hydrogens (tertiary/aromatic N) is 3. The summed E-state index contributed by atoms with van der Waals surface area (Å²) in [6.45, 7) is 4.15. The maximum atomic E-state index is 12.3. The van der Waals surface area contributed by atoms with E-state index in [-0.39, 0.29) is 18.4 Å². The van der Waals surface area contributed by atoms with Gasteiger partial charge in [-0.05, 0) is 25.5 Å². The van der Waals surface area contributed by atoms with Crippen molar-refractivity contribution in [2.24, 2.45) is 0 Å². The van der Waals surface area contributed by atoms with Crippen LogP contribution in [0.2, 0.25) is 0 Å². The average molecular weight is 298 g/mol. The first-order valence-electron chi connectivity index (χ1n) is 7.35. The second-order valence-electron chi connectivity index (χ2n) is 5.27. The summed E-state index contributed by atoms with van der Waals surface area (Å²) in [5, 5.41) is 12.0. The Hall–Kier alpha value is -2.63. The topological polar surface area (TPSA) is 73.0 Å². The molecule has 114 valence electrons. The second kappa shape index (κ2) is 6.01. The van der Waals surface area contributed by atoms with Gasteiger partial charge < -0.3 is 9.84 Å². The SMILES string of the molecule is CC[C@H](C)n1nccc1NC(=O)Cc1noc2ccccc12. The highest BCUT2D eigenvalue weighted by Gasteiger charge is 2.15. The predicted octanol–water partition coefficient (Wildman–Crippen LogP) is 3.18. The van der Waals surface area contributed by atoms with Crippen molar-refractivity contribution in [1.29, 1.82) is 0 Å². The highest BCUT2D eigenvalue weighted by molar-refractivity contribution is 5.94. The standard InChI is InChI=1S/C16H18N4O2/c1-3-11(2)20-15(8-9-17-20)18-16(21)10-13-12-6-4-5-7-14(12)22-19-13/h4-9,11H,3,10H2,1-2H3,(H,18,21)/t11-/m0/s1. The maximum Gasteiger partial charge on any atom is 0.231 e. The number of benzene rings is 1. The number of amides is 1. The Bertz CT molecular complexity index is 790. The number of carbonyl (C=O) groups excluding carboxylic acids is 1. The van der Waals surface area contributed by atoms with E-state index in [1.165, 1.54) is 0 Å². The van der Waals surface area contributed by atoms with Crippen LogP contribution in [-0.4, -0.2) is 20.8 Å². The molecule has 0 spiro atoms. The zero-order valence-electron chi connectivity index (χ0n) is 12.6. The molecule has 1 aromatic carbocycles. The van der Waals surface area contributed by atoms with E-state index >= 15 is 0 Å². The number of fused-ring (bicyclic) bond motifs is 1. The molecule has 2 aromatic heterocycles. The first-order chi connectivity index (χ1) is 10.7. The lowest BCUT2D eigenvalue weighted by Crippen LogP contribution is -2.19. The molecule has 0 unspecified atom stereocenters. The van der Waals surface area contributed by atoms with E-state index in [1.807, 2.05) is 28.9 Å². The molecule has 0 fully saturated rings. The van der Waals surface area contributed by atoms with Gasteiger partial charge >= 0.3 is 0 Å². The molecule has 0 aliphatic carbocycles. The van der Waals surface area contributed by atoms with Crippen molar-refractivity contribution < 1.29 is 9.32 Å². The van der Waals surface area contributed by atoms with Gasteiger partial charge in [0.25, 0.3) is 0 Å². The molecule has 2 heterocycles. The average Bonchev–Trinajstić information content (AvgIpc) is 3.14. The molecule has 0 aliphatic heterocycles. The molecule has 0 saturated carbocycles. The Morgan fingerprint density at radius 1 is 1.36 bits per heavy atom. The molecule has 0 bridgehead atoms. The molecular weight excluding hydrogens is 280 g/mol. The van der Waals surface area contributed by atoms with Gasteiger partial charge in [0.15, 0.2) is 5.58 Å². The normalized spacial score (nSPS) is 12.5. The summed E-state index contributed by atoms with van der Waals surface area (Å²) >= 11 is 0. The van der Waals surface area contributed by atoms with Crippen LogP contribution in [-0.2, 0) is 11.2 Å². The van der Waals surface area contributed by atoms with Gasteiger partial charge in [-0.2, -0.15) is 5.10 Å². The van der Waals surface area contributed by atoms with Gasteiger partial charge in [0.05, 0.1) is 18.7 Å². The lowest BCUT2D eigenvalue weighted by atomic mass is 10.1. The third kappa shape index (κ3) is 2.72. The van der Waals surface area contributed by atoms with Crippen LogP contribution in [0.1, 0.15) is 32.0 Å². The van der Waals surface area contributed by atoms with Crippen LogP contribution in [0.15, 0.2) is 41.1 Å². The molecule has 1 N–H and O–H groups in total. The van der Waals surface area contributed by atoms with Crippen molar-refractivity contribution >= 4 is 22.7 Å². The monoisotopic (exact) mass is 298 g/mol. The summed E-state index contributed by atoms with van der Waals surface area (Å²) in [7, 11) is 0. The number of hydrogen-bond acceptors (Lipinski definition) is 4. The lowest BCUT2D eigenvalue weighted by molar-refractivity contribution is -0.115. The van der Waals surface area contributed by atoms with Crippen molar-refractivity contribution in [3.63, 3.8) is 0 Å². The van der Waals surface area contributed by atoms with Crippen LogP contribution >= 0.6 is 0 Å². The Morgan fingerprint density at radius 3 is 3.00 bits per heavy atom. The third-order valence-electron chi connectivity index (χ3n) is 3.73. The quantitative estimate of drug-likeness (QED) is 0.785. The van der Waals surface area contributed by atoms with Gasteiger partial charge in [-0.1, -0.05) is 24.2 Å². The first-order valence-corrected chi connectivity index (χ1v) is 7.35. The Balaban J connectivity index is 1.74.